The van der Waals surface area contributed by atoms with Gasteiger partial charge in [0, 0.05) is 18.2 Å². The monoisotopic (exact) mass is 272 g/mol. The molecule has 0 aliphatic carbocycles. The molecule has 1 N–H and O–H groups in total. The Hall–Kier alpha value is -1.10. The predicted octanol–water partition coefficient (Wildman–Crippen LogP) is 1.99. The standard InChI is InChI=1S/C10H13BrN2O2/c1-6(2)12-10(14)8-4-7(15-3)5-9(11)13-8/h4-6H,1-3H3,(H,12,14). The Bertz CT molecular complexity index is 366. The number of pyridine rings is 1. The highest BCUT2D eigenvalue weighted by Gasteiger charge is 2.10. The first-order chi connectivity index (χ1) is 7.02. The molecule has 82 valence electrons. The minimum absolute atomic E-state index is 0.0873. The first kappa shape index (κ1) is 12.0. The van der Waals surface area contributed by atoms with Crippen LogP contribution in [-0.4, -0.2) is 24.0 Å². The Morgan fingerprint density at radius 2 is 2.20 bits per heavy atom. The quantitative estimate of drug-likeness (QED) is 0.857. The van der Waals surface area contributed by atoms with Crippen LogP contribution in [0, 0.1) is 0 Å². The van der Waals surface area contributed by atoms with Crippen molar-refractivity contribution in [3.8, 4) is 5.75 Å². The summed E-state index contributed by atoms with van der Waals surface area (Å²) < 4.78 is 5.62. The molecule has 1 heterocycles. The van der Waals surface area contributed by atoms with E-state index >= 15 is 0 Å². The van der Waals surface area contributed by atoms with Crippen LogP contribution in [0.2, 0.25) is 0 Å². The van der Waals surface area contributed by atoms with Crippen LogP contribution >= 0.6 is 15.9 Å². The number of carbonyl (C=O) groups excluding carboxylic acids is 1. The van der Waals surface area contributed by atoms with Crippen LogP contribution in [0.25, 0.3) is 0 Å². The van der Waals surface area contributed by atoms with Crippen LogP contribution in [0.1, 0.15) is 24.3 Å². The van der Waals surface area contributed by atoms with Gasteiger partial charge < -0.3 is 10.1 Å². The minimum atomic E-state index is -0.204. The number of nitrogens with one attached hydrogen (secondary N) is 1. The molecule has 0 fully saturated rings. The van der Waals surface area contributed by atoms with E-state index in [0.717, 1.165) is 0 Å². The molecule has 5 heteroatoms. The van der Waals surface area contributed by atoms with Gasteiger partial charge in [-0.1, -0.05) is 0 Å². The first-order valence-electron chi connectivity index (χ1n) is 4.55. The Balaban J connectivity index is 2.93. The van der Waals surface area contributed by atoms with E-state index in [2.05, 4.69) is 26.2 Å². The summed E-state index contributed by atoms with van der Waals surface area (Å²) in [5.41, 5.74) is 0.343. The fourth-order valence-corrected chi connectivity index (χ4v) is 1.46. The van der Waals surface area contributed by atoms with Gasteiger partial charge in [-0.15, -0.1) is 0 Å². The Kier molecular flexibility index (Phi) is 4.08. The van der Waals surface area contributed by atoms with Gasteiger partial charge in [0.1, 0.15) is 16.0 Å². The summed E-state index contributed by atoms with van der Waals surface area (Å²) in [6.07, 6.45) is 0. The zero-order chi connectivity index (χ0) is 11.4. The maximum absolute atomic E-state index is 11.6. The maximum atomic E-state index is 11.6. The summed E-state index contributed by atoms with van der Waals surface area (Å²) in [7, 11) is 1.55. The second-order valence-corrected chi connectivity index (χ2v) is 4.16. The van der Waals surface area contributed by atoms with Crippen molar-refractivity contribution in [1.82, 2.24) is 10.3 Å². The minimum Gasteiger partial charge on any atom is -0.497 e. The lowest BCUT2D eigenvalue weighted by atomic mass is 10.3. The summed E-state index contributed by atoms with van der Waals surface area (Å²) in [5.74, 6) is 0.399. The SMILES string of the molecule is COc1cc(Br)nc(C(=O)NC(C)C)c1. The average molecular weight is 273 g/mol. The second kappa shape index (κ2) is 5.11. The zero-order valence-electron chi connectivity index (χ0n) is 8.87. The number of aromatic nitrogens is 1. The van der Waals surface area contributed by atoms with E-state index in [1.165, 1.54) is 0 Å². The molecule has 1 rings (SSSR count). The van der Waals surface area contributed by atoms with Crippen LogP contribution < -0.4 is 10.1 Å². The molecule has 0 aliphatic rings. The summed E-state index contributed by atoms with van der Waals surface area (Å²) in [4.78, 5) is 15.7. The van der Waals surface area contributed by atoms with E-state index in [0.29, 0.717) is 16.0 Å². The third-order valence-corrected chi connectivity index (χ3v) is 2.06. The molecule has 0 unspecified atom stereocenters. The largest absolute Gasteiger partial charge is 0.497 e. The highest BCUT2D eigenvalue weighted by Crippen LogP contribution is 2.17. The molecule has 15 heavy (non-hydrogen) atoms. The Morgan fingerprint density at radius 1 is 1.53 bits per heavy atom. The molecule has 0 saturated carbocycles. The van der Waals surface area contributed by atoms with Crippen molar-refractivity contribution in [1.29, 1.82) is 0 Å². The molecule has 1 aromatic heterocycles. The van der Waals surface area contributed by atoms with E-state index in [4.69, 9.17) is 4.74 Å². The average Bonchev–Trinajstić information content (AvgIpc) is 2.15. The molecular weight excluding hydrogens is 260 g/mol. The predicted molar refractivity (Wildman–Crippen MR) is 61.1 cm³/mol. The summed E-state index contributed by atoms with van der Waals surface area (Å²) in [6.45, 7) is 3.79. The zero-order valence-corrected chi connectivity index (χ0v) is 10.5. The van der Waals surface area contributed by atoms with Crippen molar-refractivity contribution < 1.29 is 9.53 Å². The molecule has 0 saturated heterocycles. The van der Waals surface area contributed by atoms with Gasteiger partial charge in [-0.25, -0.2) is 4.98 Å². The molecular formula is C10H13BrN2O2. The lowest BCUT2D eigenvalue weighted by Gasteiger charge is -2.08. The lowest BCUT2D eigenvalue weighted by Crippen LogP contribution is -2.30. The van der Waals surface area contributed by atoms with E-state index in [1.54, 1.807) is 19.2 Å². The molecule has 0 bridgehead atoms. The number of ether oxygens (including phenoxy) is 1. The molecule has 0 spiro atoms. The van der Waals surface area contributed by atoms with Gasteiger partial charge in [-0.3, -0.25) is 4.79 Å². The van der Waals surface area contributed by atoms with Gasteiger partial charge in [0.25, 0.3) is 5.91 Å². The molecule has 4 nitrogen and oxygen atoms in total. The summed E-state index contributed by atoms with van der Waals surface area (Å²) in [6, 6.07) is 3.39. The fourth-order valence-electron chi connectivity index (χ4n) is 1.04. The van der Waals surface area contributed by atoms with Crippen molar-refractivity contribution in [2.24, 2.45) is 0 Å². The van der Waals surface area contributed by atoms with Gasteiger partial charge in [0.2, 0.25) is 0 Å². The number of hydrogen-bond acceptors (Lipinski definition) is 3. The van der Waals surface area contributed by atoms with Gasteiger partial charge in [-0.2, -0.15) is 0 Å². The number of methoxy groups -OCH3 is 1. The Morgan fingerprint density at radius 3 is 2.73 bits per heavy atom. The van der Waals surface area contributed by atoms with Crippen molar-refractivity contribution >= 4 is 21.8 Å². The van der Waals surface area contributed by atoms with Crippen LogP contribution in [0.3, 0.4) is 0 Å². The van der Waals surface area contributed by atoms with E-state index in [1.807, 2.05) is 13.8 Å². The molecule has 0 radical (unpaired) electrons. The first-order valence-corrected chi connectivity index (χ1v) is 5.34. The highest BCUT2D eigenvalue weighted by molar-refractivity contribution is 9.10. The molecule has 0 aromatic carbocycles. The van der Waals surface area contributed by atoms with Crippen LogP contribution in [0.5, 0.6) is 5.75 Å². The number of nitrogens with zero attached hydrogens (tertiary/aromatic N) is 1. The second-order valence-electron chi connectivity index (χ2n) is 3.34. The third kappa shape index (κ3) is 3.51. The van der Waals surface area contributed by atoms with Crippen molar-refractivity contribution in [2.75, 3.05) is 7.11 Å². The molecule has 1 amide bonds. The van der Waals surface area contributed by atoms with Gasteiger partial charge in [0.05, 0.1) is 7.11 Å². The third-order valence-electron chi connectivity index (χ3n) is 1.66. The molecule has 1 aromatic rings. The molecule has 0 aliphatic heterocycles. The topological polar surface area (TPSA) is 51.2 Å². The Labute approximate surface area is 97.2 Å². The van der Waals surface area contributed by atoms with Gasteiger partial charge in [-0.05, 0) is 29.8 Å². The smallest absolute Gasteiger partial charge is 0.270 e. The number of rotatable bonds is 3. The van der Waals surface area contributed by atoms with Crippen molar-refractivity contribution in [3.63, 3.8) is 0 Å². The maximum Gasteiger partial charge on any atom is 0.270 e. The highest BCUT2D eigenvalue weighted by atomic mass is 79.9. The molecule has 0 atom stereocenters. The summed E-state index contributed by atoms with van der Waals surface area (Å²) >= 11 is 3.22. The number of amides is 1. The van der Waals surface area contributed by atoms with Crippen LogP contribution in [-0.2, 0) is 0 Å². The van der Waals surface area contributed by atoms with Crippen LogP contribution in [0.15, 0.2) is 16.7 Å². The lowest BCUT2D eigenvalue weighted by molar-refractivity contribution is 0.0937. The number of halogens is 1. The summed E-state index contributed by atoms with van der Waals surface area (Å²) in [5, 5.41) is 2.76. The van der Waals surface area contributed by atoms with Crippen LogP contribution in [0.4, 0.5) is 0 Å². The van der Waals surface area contributed by atoms with Gasteiger partial charge in [0.15, 0.2) is 0 Å². The van der Waals surface area contributed by atoms with Crippen molar-refractivity contribution in [3.05, 3.63) is 22.4 Å². The van der Waals surface area contributed by atoms with E-state index in [9.17, 15) is 4.79 Å². The van der Waals surface area contributed by atoms with E-state index in [-0.39, 0.29) is 11.9 Å². The van der Waals surface area contributed by atoms with Gasteiger partial charge >= 0.3 is 0 Å². The normalized spacial score (nSPS) is 10.2. The number of hydrogen-bond donors (Lipinski definition) is 1. The van der Waals surface area contributed by atoms with Crippen molar-refractivity contribution in [2.45, 2.75) is 19.9 Å². The number of carbonyl (C=O) groups is 1. The van der Waals surface area contributed by atoms with E-state index < -0.39 is 0 Å². The fraction of sp³-hybridized carbons (Fsp3) is 0.400.